The first-order valence-corrected chi connectivity index (χ1v) is 7.83. The number of carbonyl (C=O) groups is 2. The summed E-state index contributed by atoms with van der Waals surface area (Å²) >= 11 is 0. The van der Waals surface area contributed by atoms with Crippen LogP contribution in [0.25, 0.3) is 0 Å². The van der Waals surface area contributed by atoms with Gasteiger partial charge in [-0.05, 0) is 18.4 Å². The second-order valence-electron chi connectivity index (χ2n) is 5.92. The van der Waals surface area contributed by atoms with Gasteiger partial charge in [0.1, 0.15) is 0 Å². The van der Waals surface area contributed by atoms with Gasteiger partial charge in [0, 0.05) is 38.6 Å². The van der Waals surface area contributed by atoms with Gasteiger partial charge in [-0.3, -0.25) is 9.59 Å². The molecule has 0 saturated carbocycles. The van der Waals surface area contributed by atoms with Crippen LogP contribution in [0.5, 0.6) is 0 Å². The molecule has 1 fully saturated rings. The van der Waals surface area contributed by atoms with Crippen molar-refractivity contribution in [3.05, 3.63) is 35.9 Å². The van der Waals surface area contributed by atoms with Gasteiger partial charge in [-0.1, -0.05) is 30.3 Å². The molecule has 0 bridgehead atoms. The van der Waals surface area contributed by atoms with Gasteiger partial charge >= 0.3 is 0 Å². The highest BCUT2D eigenvalue weighted by Crippen LogP contribution is 2.31. The molecule has 3 rings (SSSR count). The SMILES string of the molecule is CC(=O)N1CCC(C(=O)N2N=CCC2c2ccccc2)CC1. The molecule has 2 amide bonds. The van der Waals surface area contributed by atoms with Crippen LogP contribution in [0.2, 0.25) is 0 Å². The molecule has 0 aliphatic carbocycles. The highest BCUT2D eigenvalue weighted by molar-refractivity contribution is 5.82. The largest absolute Gasteiger partial charge is 0.343 e. The Morgan fingerprint density at radius 3 is 2.45 bits per heavy atom. The van der Waals surface area contributed by atoms with Crippen LogP contribution in [0.15, 0.2) is 35.4 Å². The Kier molecular flexibility index (Phi) is 4.22. The summed E-state index contributed by atoms with van der Waals surface area (Å²) in [5.41, 5.74) is 1.12. The maximum atomic E-state index is 12.8. The number of rotatable bonds is 2. The Balaban J connectivity index is 1.67. The van der Waals surface area contributed by atoms with E-state index in [1.165, 1.54) is 0 Å². The number of carbonyl (C=O) groups excluding carboxylic acids is 2. The molecule has 1 saturated heterocycles. The van der Waals surface area contributed by atoms with Crippen molar-refractivity contribution in [1.82, 2.24) is 9.91 Å². The van der Waals surface area contributed by atoms with Crippen molar-refractivity contribution in [2.75, 3.05) is 13.1 Å². The number of likely N-dealkylation sites (tertiary alicyclic amines) is 1. The molecule has 1 unspecified atom stereocenters. The zero-order chi connectivity index (χ0) is 15.5. The van der Waals surface area contributed by atoms with Crippen LogP contribution in [0.3, 0.4) is 0 Å². The fourth-order valence-electron chi connectivity index (χ4n) is 3.21. The summed E-state index contributed by atoms with van der Waals surface area (Å²) in [6.07, 6.45) is 4.04. The van der Waals surface area contributed by atoms with Crippen LogP contribution < -0.4 is 0 Å². The quantitative estimate of drug-likeness (QED) is 0.840. The number of amides is 2. The number of benzene rings is 1. The Bertz CT molecular complexity index is 577. The fourth-order valence-corrected chi connectivity index (χ4v) is 3.21. The topological polar surface area (TPSA) is 53.0 Å². The van der Waals surface area contributed by atoms with Gasteiger partial charge in [0.25, 0.3) is 0 Å². The number of nitrogens with zero attached hydrogens (tertiary/aromatic N) is 3. The van der Waals surface area contributed by atoms with Crippen molar-refractivity contribution in [2.24, 2.45) is 11.0 Å². The molecule has 0 aromatic heterocycles. The predicted molar refractivity (Wildman–Crippen MR) is 84.1 cm³/mol. The van der Waals surface area contributed by atoms with Crippen LogP contribution in [0.4, 0.5) is 0 Å². The first-order valence-electron chi connectivity index (χ1n) is 7.83. The molecule has 1 atom stereocenters. The van der Waals surface area contributed by atoms with Crippen molar-refractivity contribution in [3.8, 4) is 0 Å². The summed E-state index contributed by atoms with van der Waals surface area (Å²) in [6.45, 7) is 2.91. The second kappa shape index (κ2) is 6.30. The van der Waals surface area contributed by atoms with Crippen LogP contribution in [-0.4, -0.2) is 41.0 Å². The predicted octanol–water partition coefficient (Wildman–Crippen LogP) is 2.20. The summed E-state index contributed by atoms with van der Waals surface area (Å²) < 4.78 is 0. The van der Waals surface area contributed by atoms with E-state index in [-0.39, 0.29) is 23.8 Å². The van der Waals surface area contributed by atoms with Crippen LogP contribution in [0, 0.1) is 5.92 Å². The first kappa shape index (κ1) is 14.8. The van der Waals surface area contributed by atoms with E-state index in [1.807, 2.05) is 41.4 Å². The van der Waals surface area contributed by atoms with E-state index in [0.717, 1.165) is 24.8 Å². The van der Waals surface area contributed by atoms with Crippen LogP contribution in [-0.2, 0) is 9.59 Å². The van der Waals surface area contributed by atoms with Gasteiger partial charge in [0.05, 0.1) is 6.04 Å². The normalized spacial score (nSPS) is 22.1. The van der Waals surface area contributed by atoms with E-state index in [9.17, 15) is 9.59 Å². The minimum absolute atomic E-state index is 0.0135. The molecule has 2 heterocycles. The Labute approximate surface area is 130 Å². The van der Waals surface area contributed by atoms with Crippen LogP contribution in [0.1, 0.15) is 37.8 Å². The smallest absolute Gasteiger partial charge is 0.246 e. The van der Waals surface area contributed by atoms with Gasteiger partial charge in [-0.25, -0.2) is 5.01 Å². The van der Waals surface area contributed by atoms with Crippen molar-refractivity contribution in [1.29, 1.82) is 0 Å². The van der Waals surface area contributed by atoms with E-state index in [0.29, 0.717) is 13.1 Å². The molecular weight excluding hydrogens is 278 g/mol. The minimum atomic E-state index is -0.0305. The van der Waals surface area contributed by atoms with Crippen molar-refractivity contribution in [3.63, 3.8) is 0 Å². The molecule has 116 valence electrons. The number of hydrogen-bond acceptors (Lipinski definition) is 3. The lowest BCUT2D eigenvalue weighted by atomic mass is 9.94. The zero-order valence-electron chi connectivity index (χ0n) is 12.8. The lowest BCUT2D eigenvalue weighted by Crippen LogP contribution is -2.42. The third-order valence-corrected chi connectivity index (χ3v) is 4.53. The molecule has 1 aromatic carbocycles. The number of piperidine rings is 1. The minimum Gasteiger partial charge on any atom is -0.343 e. The highest BCUT2D eigenvalue weighted by atomic mass is 16.2. The highest BCUT2D eigenvalue weighted by Gasteiger charge is 2.34. The third kappa shape index (κ3) is 2.89. The Morgan fingerprint density at radius 1 is 1.14 bits per heavy atom. The Hall–Kier alpha value is -2.17. The average Bonchev–Trinajstić information content (AvgIpc) is 3.04. The monoisotopic (exact) mass is 299 g/mol. The van der Waals surface area contributed by atoms with Crippen molar-refractivity contribution in [2.45, 2.75) is 32.2 Å². The Morgan fingerprint density at radius 2 is 1.82 bits per heavy atom. The first-order chi connectivity index (χ1) is 10.7. The molecule has 0 N–H and O–H groups in total. The van der Waals surface area contributed by atoms with Gasteiger partial charge in [0.2, 0.25) is 11.8 Å². The van der Waals surface area contributed by atoms with Gasteiger partial charge in [0.15, 0.2) is 0 Å². The molecule has 0 spiro atoms. The standard InChI is InChI=1S/C17H21N3O2/c1-13(21)19-11-8-15(9-12-19)17(22)20-16(7-10-18-20)14-5-3-2-4-6-14/h2-6,10,15-16H,7-9,11-12H2,1H3. The molecule has 22 heavy (non-hydrogen) atoms. The summed E-state index contributed by atoms with van der Waals surface area (Å²) in [7, 11) is 0. The molecule has 2 aliphatic heterocycles. The third-order valence-electron chi connectivity index (χ3n) is 4.53. The summed E-state index contributed by atoms with van der Waals surface area (Å²) in [6, 6.07) is 10.0. The average molecular weight is 299 g/mol. The van der Waals surface area contributed by atoms with Gasteiger partial charge in [-0.15, -0.1) is 0 Å². The zero-order valence-corrected chi connectivity index (χ0v) is 12.8. The second-order valence-corrected chi connectivity index (χ2v) is 5.92. The van der Waals surface area contributed by atoms with E-state index < -0.39 is 0 Å². The lowest BCUT2D eigenvalue weighted by Gasteiger charge is -2.33. The fraction of sp³-hybridized carbons (Fsp3) is 0.471. The van der Waals surface area contributed by atoms with Gasteiger partial charge in [-0.2, -0.15) is 5.10 Å². The molecule has 5 nitrogen and oxygen atoms in total. The van der Waals surface area contributed by atoms with Crippen molar-refractivity contribution < 1.29 is 9.59 Å². The summed E-state index contributed by atoms with van der Waals surface area (Å²) in [4.78, 5) is 26.0. The molecule has 5 heteroatoms. The van der Waals surface area contributed by atoms with Crippen molar-refractivity contribution >= 4 is 18.0 Å². The maximum Gasteiger partial charge on any atom is 0.246 e. The molecule has 0 radical (unpaired) electrons. The van der Waals surface area contributed by atoms with Gasteiger partial charge < -0.3 is 4.90 Å². The molecule has 2 aliphatic rings. The molecular formula is C17H21N3O2. The number of hydrogen-bond donors (Lipinski definition) is 0. The molecule has 1 aromatic rings. The van der Waals surface area contributed by atoms with E-state index in [1.54, 1.807) is 11.9 Å². The summed E-state index contributed by atoms with van der Waals surface area (Å²) in [5.74, 6) is 0.148. The van der Waals surface area contributed by atoms with E-state index >= 15 is 0 Å². The number of hydrazone groups is 1. The summed E-state index contributed by atoms with van der Waals surface area (Å²) in [5, 5.41) is 5.94. The lowest BCUT2D eigenvalue weighted by molar-refractivity contribution is -0.141. The van der Waals surface area contributed by atoms with E-state index in [2.05, 4.69) is 5.10 Å². The van der Waals surface area contributed by atoms with E-state index in [4.69, 9.17) is 0 Å². The van der Waals surface area contributed by atoms with Crippen LogP contribution >= 0.6 is 0 Å². The maximum absolute atomic E-state index is 12.8.